The van der Waals surface area contributed by atoms with Crippen molar-refractivity contribution < 1.29 is 22.7 Å². The van der Waals surface area contributed by atoms with Gasteiger partial charge in [0, 0.05) is 13.0 Å². The standard InChI is InChI=1S/C14H14F3NO2/c15-14(16,17)11-3-1-2-9-10(8-4-5-20-7-8)6-12(19)18-13(9)11/h1-3,8,10H,4-7H2,(H,18,19). The number of benzene rings is 1. The fraction of sp³-hybridized carbons (Fsp3) is 0.500. The van der Waals surface area contributed by atoms with E-state index >= 15 is 0 Å². The van der Waals surface area contributed by atoms with Gasteiger partial charge in [0.1, 0.15) is 0 Å². The summed E-state index contributed by atoms with van der Waals surface area (Å²) in [6.45, 7) is 1.12. The Morgan fingerprint density at radius 3 is 2.75 bits per heavy atom. The Morgan fingerprint density at radius 1 is 1.30 bits per heavy atom. The van der Waals surface area contributed by atoms with Crippen molar-refractivity contribution in [3.63, 3.8) is 0 Å². The van der Waals surface area contributed by atoms with Crippen LogP contribution in [0.4, 0.5) is 18.9 Å². The van der Waals surface area contributed by atoms with Crippen molar-refractivity contribution in [2.45, 2.75) is 24.9 Å². The Morgan fingerprint density at radius 2 is 2.10 bits per heavy atom. The number of para-hydroxylation sites is 1. The molecule has 2 unspecified atom stereocenters. The molecule has 20 heavy (non-hydrogen) atoms. The summed E-state index contributed by atoms with van der Waals surface area (Å²) in [5, 5.41) is 2.39. The molecule has 1 amide bonds. The van der Waals surface area contributed by atoms with Crippen molar-refractivity contribution in [1.29, 1.82) is 0 Å². The highest BCUT2D eigenvalue weighted by Gasteiger charge is 2.40. The molecule has 1 saturated heterocycles. The maximum atomic E-state index is 13.0. The van der Waals surface area contributed by atoms with Gasteiger partial charge in [-0.1, -0.05) is 12.1 Å². The normalized spacial score (nSPS) is 26.2. The molecule has 2 aliphatic heterocycles. The number of rotatable bonds is 1. The van der Waals surface area contributed by atoms with Crippen LogP contribution in [0, 0.1) is 5.92 Å². The average molecular weight is 285 g/mol. The molecule has 0 bridgehead atoms. The number of nitrogens with one attached hydrogen (secondary N) is 1. The SMILES string of the molecule is O=C1CC(C2CCOC2)c2cccc(C(F)(F)F)c2N1. The molecule has 0 saturated carbocycles. The van der Waals surface area contributed by atoms with Crippen LogP contribution in [0.25, 0.3) is 0 Å². The highest BCUT2D eigenvalue weighted by molar-refractivity contribution is 5.95. The minimum Gasteiger partial charge on any atom is -0.381 e. The summed E-state index contributed by atoms with van der Waals surface area (Å²) in [5.41, 5.74) is -0.268. The van der Waals surface area contributed by atoms with Crippen molar-refractivity contribution in [1.82, 2.24) is 0 Å². The minimum atomic E-state index is -4.47. The van der Waals surface area contributed by atoms with Gasteiger partial charge in [0.05, 0.1) is 17.9 Å². The number of anilines is 1. The third-order valence-corrected chi connectivity index (χ3v) is 4.01. The van der Waals surface area contributed by atoms with Gasteiger partial charge < -0.3 is 10.1 Å². The van der Waals surface area contributed by atoms with Gasteiger partial charge in [0.15, 0.2) is 0 Å². The second-order valence-electron chi connectivity index (χ2n) is 5.25. The molecule has 1 N–H and O–H groups in total. The van der Waals surface area contributed by atoms with Gasteiger partial charge in [0.2, 0.25) is 5.91 Å². The van der Waals surface area contributed by atoms with Crippen LogP contribution >= 0.6 is 0 Å². The molecule has 0 spiro atoms. The lowest BCUT2D eigenvalue weighted by Gasteiger charge is -2.31. The molecule has 0 radical (unpaired) electrons. The zero-order chi connectivity index (χ0) is 14.3. The van der Waals surface area contributed by atoms with E-state index in [0.717, 1.165) is 12.5 Å². The number of ether oxygens (including phenoxy) is 1. The predicted molar refractivity (Wildman–Crippen MR) is 66.4 cm³/mol. The van der Waals surface area contributed by atoms with Crippen molar-refractivity contribution >= 4 is 11.6 Å². The number of fused-ring (bicyclic) bond motifs is 1. The van der Waals surface area contributed by atoms with E-state index < -0.39 is 11.7 Å². The molecule has 1 aromatic carbocycles. The van der Waals surface area contributed by atoms with Crippen LogP contribution in [0.2, 0.25) is 0 Å². The second kappa shape index (κ2) is 4.77. The van der Waals surface area contributed by atoms with Crippen LogP contribution in [0.15, 0.2) is 18.2 Å². The zero-order valence-electron chi connectivity index (χ0n) is 10.7. The third kappa shape index (κ3) is 2.28. The fourth-order valence-corrected chi connectivity index (χ4v) is 3.05. The molecule has 3 rings (SSSR count). The molecule has 6 heteroatoms. The van der Waals surface area contributed by atoms with Gasteiger partial charge in [-0.2, -0.15) is 13.2 Å². The molecule has 0 aromatic heterocycles. The predicted octanol–water partition coefficient (Wildman–Crippen LogP) is 3.17. The Hall–Kier alpha value is -1.56. The van der Waals surface area contributed by atoms with Gasteiger partial charge in [-0.3, -0.25) is 4.79 Å². The number of amides is 1. The van der Waals surface area contributed by atoms with E-state index in [2.05, 4.69) is 5.32 Å². The highest BCUT2D eigenvalue weighted by Crippen LogP contribution is 2.45. The quantitative estimate of drug-likeness (QED) is 0.860. The monoisotopic (exact) mass is 285 g/mol. The number of halogens is 3. The van der Waals surface area contributed by atoms with Gasteiger partial charge >= 0.3 is 6.18 Å². The van der Waals surface area contributed by atoms with E-state index in [1.165, 1.54) is 6.07 Å². The summed E-state index contributed by atoms with van der Waals surface area (Å²) in [6, 6.07) is 4.08. The summed E-state index contributed by atoms with van der Waals surface area (Å²) in [6.07, 6.45) is -3.46. The highest BCUT2D eigenvalue weighted by atomic mass is 19.4. The lowest BCUT2D eigenvalue weighted by molar-refractivity contribution is -0.137. The lowest BCUT2D eigenvalue weighted by Crippen LogP contribution is -2.29. The van der Waals surface area contributed by atoms with Crippen LogP contribution in [0.5, 0.6) is 0 Å². The third-order valence-electron chi connectivity index (χ3n) is 4.01. The van der Waals surface area contributed by atoms with E-state index in [9.17, 15) is 18.0 Å². The lowest BCUT2D eigenvalue weighted by atomic mass is 9.79. The summed E-state index contributed by atoms with van der Waals surface area (Å²) in [5.74, 6) is -0.432. The van der Waals surface area contributed by atoms with E-state index in [4.69, 9.17) is 4.74 Å². The van der Waals surface area contributed by atoms with Gasteiger partial charge in [0.25, 0.3) is 0 Å². The van der Waals surface area contributed by atoms with Crippen LogP contribution < -0.4 is 5.32 Å². The van der Waals surface area contributed by atoms with Crippen molar-refractivity contribution in [3.05, 3.63) is 29.3 Å². The van der Waals surface area contributed by atoms with Gasteiger partial charge in [-0.15, -0.1) is 0 Å². The molecule has 1 fully saturated rings. The molecule has 108 valence electrons. The summed E-state index contributed by atoms with van der Waals surface area (Å²) < 4.78 is 44.4. The van der Waals surface area contributed by atoms with E-state index in [-0.39, 0.29) is 29.9 Å². The maximum absolute atomic E-state index is 13.0. The Bertz CT molecular complexity index is 536. The average Bonchev–Trinajstić information content (AvgIpc) is 2.89. The van der Waals surface area contributed by atoms with Crippen LogP contribution in [0.1, 0.15) is 29.9 Å². The number of alkyl halides is 3. The Balaban J connectivity index is 2.06. The summed E-state index contributed by atoms with van der Waals surface area (Å²) >= 11 is 0. The molecule has 2 aliphatic rings. The molecule has 2 heterocycles. The molecular weight excluding hydrogens is 271 g/mol. The Kier molecular flexibility index (Phi) is 3.20. The maximum Gasteiger partial charge on any atom is 0.418 e. The van der Waals surface area contributed by atoms with Gasteiger partial charge in [-0.25, -0.2) is 0 Å². The van der Waals surface area contributed by atoms with Crippen LogP contribution in [0.3, 0.4) is 0 Å². The second-order valence-corrected chi connectivity index (χ2v) is 5.25. The minimum absolute atomic E-state index is 0.0758. The number of hydrogen-bond donors (Lipinski definition) is 1. The van der Waals surface area contributed by atoms with Crippen molar-refractivity contribution in [3.8, 4) is 0 Å². The smallest absolute Gasteiger partial charge is 0.381 e. The van der Waals surface area contributed by atoms with Crippen LogP contribution in [-0.4, -0.2) is 19.1 Å². The van der Waals surface area contributed by atoms with Crippen LogP contribution in [-0.2, 0) is 15.7 Å². The van der Waals surface area contributed by atoms with Gasteiger partial charge in [-0.05, 0) is 29.9 Å². The fourth-order valence-electron chi connectivity index (χ4n) is 3.05. The Labute approximate surface area is 114 Å². The summed E-state index contributed by atoms with van der Waals surface area (Å²) in [4.78, 5) is 11.8. The largest absolute Gasteiger partial charge is 0.418 e. The number of carbonyl (C=O) groups is 1. The molecule has 2 atom stereocenters. The number of carbonyl (C=O) groups excluding carboxylic acids is 1. The molecule has 0 aliphatic carbocycles. The topological polar surface area (TPSA) is 38.3 Å². The summed E-state index contributed by atoms with van der Waals surface area (Å²) in [7, 11) is 0. The van der Waals surface area contributed by atoms with E-state index in [1.807, 2.05) is 0 Å². The van der Waals surface area contributed by atoms with E-state index in [0.29, 0.717) is 18.8 Å². The van der Waals surface area contributed by atoms with E-state index in [1.54, 1.807) is 6.07 Å². The zero-order valence-corrected chi connectivity index (χ0v) is 10.7. The first-order chi connectivity index (χ1) is 9.47. The first kappa shape index (κ1) is 13.4. The molecule has 1 aromatic rings. The first-order valence-electron chi connectivity index (χ1n) is 6.54. The van der Waals surface area contributed by atoms with Crippen molar-refractivity contribution in [2.75, 3.05) is 18.5 Å². The first-order valence-corrected chi connectivity index (χ1v) is 6.54. The number of hydrogen-bond acceptors (Lipinski definition) is 2. The van der Waals surface area contributed by atoms with Crippen molar-refractivity contribution in [2.24, 2.45) is 5.92 Å². The molecule has 3 nitrogen and oxygen atoms in total. The molecular formula is C14H14F3NO2.